The second-order valence-electron chi connectivity index (χ2n) is 9.64. The molecule has 5 aromatic rings. The Hall–Kier alpha value is -4.74. The van der Waals surface area contributed by atoms with Gasteiger partial charge in [0, 0.05) is 72.9 Å². The van der Waals surface area contributed by atoms with Gasteiger partial charge in [-0.05, 0) is 32.3 Å². The van der Waals surface area contributed by atoms with E-state index in [0.29, 0.717) is 40.9 Å². The molecule has 5 rings (SSSR count). The fraction of sp³-hybridized carbons (Fsp3) is 0.207. The van der Waals surface area contributed by atoms with Gasteiger partial charge in [-0.25, -0.2) is 9.97 Å². The number of nitrogens with zero attached hydrogens (tertiary/aromatic N) is 6. The monoisotopic (exact) mass is 572 g/mol. The van der Waals surface area contributed by atoms with Crippen LogP contribution < -0.4 is 15.4 Å². The van der Waals surface area contributed by atoms with Crippen LogP contribution in [-0.4, -0.2) is 63.6 Å². The summed E-state index contributed by atoms with van der Waals surface area (Å²) in [7, 11) is 7.37. The lowest BCUT2D eigenvalue weighted by Gasteiger charge is -2.15. The second kappa shape index (κ2) is 11.8. The Morgan fingerprint density at radius 3 is 2.66 bits per heavy atom. The fourth-order valence-corrected chi connectivity index (χ4v) is 4.93. The Morgan fingerprint density at radius 1 is 1.12 bits per heavy atom. The maximum Gasteiger partial charge on any atom is 0.294 e. The first-order valence-electron chi connectivity index (χ1n) is 12.8. The summed E-state index contributed by atoms with van der Waals surface area (Å²) in [5.74, 6) is 0.666. The quantitative estimate of drug-likeness (QED) is 0.153. The van der Waals surface area contributed by atoms with Crippen LogP contribution in [-0.2, 0) is 7.05 Å². The van der Waals surface area contributed by atoms with Gasteiger partial charge in [0.25, 0.3) is 5.69 Å². The number of fused-ring (bicyclic) bond motifs is 1. The lowest BCUT2D eigenvalue weighted by molar-refractivity contribution is -0.383. The summed E-state index contributed by atoms with van der Waals surface area (Å²) >= 11 is 6.30. The molecule has 210 valence electrons. The molecule has 0 spiro atoms. The Morgan fingerprint density at radius 2 is 1.93 bits per heavy atom. The van der Waals surface area contributed by atoms with Crippen LogP contribution in [0.1, 0.15) is 0 Å². The summed E-state index contributed by atoms with van der Waals surface area (Å²) in [5.41, 5.74) is 4.94. The molecule has 0 amide bonds. The van der Waals surface area contributed by atoms with E-state index in [4.69, 9.17) is 21.3 Å². The van der Waals surface area contributed by atoms with E-state index in [-0.39, 0.29) is 11.6 Å². The molecule has 0 aliphatic rings. The van der Waals surface area contributed by atoms with Crippen LogP contribution in [0.3, 0.4) is 0 Å². The highest BCUT2D eigenvalue weighted by Gasteiger charge is 2.22. The van der Waals surface area contributed by atoms with Gasteiger partial charge in [-0.3, -0.25) is 15.1 Å². The zero-order valence-electron chi connectivity index (χ0n) is 23.1. The average Bonchev–Trinajstić information content (AvgIpc) is 3.25. The van der Waals surface area contributed by atoms with Gasteiger partial charge in [-0.15, -0.1) is 0 Å². The highest BCUT2D eigenvalue weighted by Crippen LogP contribution is 2.41. The molecular formula is C29H29ClN8O3. The van der Waals surface area contributed by atoms with E-state index in [1.54, 1.807) is 24.7 Å². The predicted molar refractivity (Wildman–Crippen MR) is 162 cm³/mol. The van der Waals surface area contributed by atoms with Crippen molar-refractivity contribution in [3.8, 4) is 28.3 Å². The molecular weight excluding hydrogens is 544 g/mol. The van der Waals surface area contributed by atoms with Gasteiger partial charge < -0.3 is 24.8 Å². The standard InChI is InChI=1S/C29H29ClN8O3/c1-36(2)12-11-32-22-15-26(41-4)23(14-25(22)38(39)40)35-29-33-10-9-21(34-29)27-20-7-5-6-8-24(20)37(3)28(27)18-13-19(30)17-31-16-18/h5-10,13-17,32H,11-12H2,1-4H3,(H,33,34,35). The van der Waals surface area contributed by atoms with E-state index in [1.807, 2.05) is 62.4 Å². The number of halogens is 1. The van der Waals surface area contributed by atoms with Crippen LogP contribution >= 0.6 is 11.6 Å². The molecule has 0 unspecified atom stereocenters. The van der Waals surface area contributed by atoms with Gasteiger partial charge in [0.1, 0.15) is 11.4 Å². The Bertz CT molecular complexity index is 1740. The third-order valence-electron chi connectivity index (χ3n) is 6.63. The molecule has 2 N–H and O–H groups in total. The SMILES string of the molecule is COc1cc(NCCN(C)C)c([N+](=O)[O-])cc1Nc1nccc(-c2c(-c3cncc(Cl)c3)n(C)c3ccccc23)n1. The molecule has 12 heteroatoms. The topological polar surface area (TPSA) is 123 Å². The van der Waals surface area contributed by atoms with Gasteiger partial charge >= 0.3 is 0 Å². The number of para-hydroxylation sites is 1. The number of aryl methyl sites for hydroxylation is 1. The normalized spacial score (nSPS) is 11.2. The van der Waals surface area contributed by atoms with Crippen molar-refractivity contribution < 1.29 is 9.66 Å². The van der Waals surface area contributed by atoms with Crippen LogP contribution in [0.2, 0.25) is 5.02 Å². The molecule has 3 aromatic heterocycles. The lowest BCUT2D eigenvalue weighted by Crippen LogP contribution is -2.21. The Kier molecular flexibility index (Phi) is 7.99. The summed E-state index contributed by atoms with van der Waals surface area (Å²) < 4.78 is 7.66. The van der Waals surface area contributed by atoms with Crippen molar-refractivity contribution in [1.82, 2.24) is 24.4 Å². The molecule has 3 heterocycles. The molecule has 11 nitrogen and oxygen atoms in total. The van der Waals surface area contributed by atoms with Crippen LogP contribution in [0, 0.1) is 10.1 Å². The molecule has 0 aliphatic carbocycles. The minimum absolute atomic E-state index is 0.0898. The number of nitrogens with one attached hydrogen (secondary N) is 2. The second-order valence-corrected chi connectivity index (χ2v) is 10.1. The van der Waals surface area contributed by atoms with E-state index in [0.717, 1.165) is 27.7 Å². The number of hydrogen-bond donors (Lipinski definition) is 2. The molecule has 0 radical (unpaired) electrons. The van der Waals surface area contributed by atoms with Gasteiger partial charge in [-0.1, -0.05) is 29.8 Å². The first kappa shape index (κ1) is 27.8. The van der Waals surface area contributed by atoms with E-state index in [2.05, 4.69) is 25.2 Å². The van der Waals surface area contributed by atoms with E-state index in [1.165, 1.54) is 13.2 Å². The van der Waals surface area contributed by atoms with Crippen molar-refractivity contribution in [2.24, 2.45) is 7.05 Å². The van der Waals surface area contributed by atoms with Crippen molar-refractivity contribution in [2.75, 3.05) is 44.9 Å². The number of rotatable bonds is 10. The smallest absolute Gasteiger partial charge is 0.294 e. The number of hydrogen-bond acceptors (Lipinski definition) is 9. The van der Waals surface area contributed by atoms with Crippen LogP contribution in [0.4, 0.5) is 23.0 Å². The molecule has 2 aromatic carbocycles. The number of ether oxygens (including phenoxy) is 1. The number of aromatic nitrogens is 4. The average molecular weight is 573 g/mol. The van der Waals surface area contributed by atoms with E-state index >= 15 is 0 Å². The number of nitro benzene ring substituents is 1. The van der Waals surface area contributed by atoms with Crippen molar-refractivity contribution >= 4 is 45.5 Å². The minimum Gasteiger partial charge on any atom is -0.494 e. The molecule has 0 saturated heterocycles. The van der Waals surface area contributed by atoms with Crippen molar-refractivity contribution in [3.63, 3.8) is 0 Å². The third kappa shape index (κ3) is 5.76. The largest absolute Gasteiger partial charge is 0.494 e. The van der Waals surface area contributed by atoms with Crippen LogP contribution in [0.15, 0.2) is 67.1 Å². The number of benzene rings is 2. The molecule has 0 atom stereocenters. The lowest BCUT2D eigenvalue weighted by atomic mass is 10.0. The highest BCUT2D eigenvalue weighted by molar-refractivity contribution is 6.30. The van der Waals surface area contributed by atoms with Crippen LogP contribution in [0.5, 0.6) is 5.75 Å². The van der Waals surface area contributed by atoms with Gasteiger partial charge in [0.15, 0.2) is 0 Å². The summed E-state index contributed by atoms with van der Waals surface area (Å²) in [6.07, 6.45) is 5.00. The number of pyridine rings is 1. The molecule has 0 fully saturated rings. The highest BCUT2D eigenvalue weighted by atomic mass is 35.5. The summed E-state index contributed by atoms with van der Waals surface area (Å²) in [4.78, 5) is 27.0. The Balaban J connectivity index is 1.57. The van der Waals surface area contributed by atoms with Crippen molar-refractivity contribution in [2.45, 2.75) is 0 Å². The van der Waals surface area contributed by atoms with Crippen molar-refractivity contribution in [3.05, 3.63) is 82.3 Å². The minimum atomic E-state index is -0.429. The number of nitro groups is 1. The number of methoxy groups -OCH3 is 1. The zero-order chi connectivity index (χ0) is 29.1. The number of likely N-dealkylation sites (N-methyl/N-ethyl adjacent to an activating group) is 1. The summed E-state index contributed by atoms with van der Waals surface area (Å²) in [6.45, 7) is 1.24. The van der Waals surface area contributed by atoms with Crippen molar-refractivity contribution in [1.29, 1.82) is 0 Å². The summed E-state index contributed by atoms with van der Waals surface area (Å²) in [5, 5.41) is 19.7. The summed E-state index contributed by atoms with van der Waals surface area (Å²) in [6, 6.07) is 14.8. The third-order valence-corrected chi connectivity index (χ3v) is 6.84. The molecule has 0 saturated carbocycles. The van der Waals surface area contributed by atoms with E-state index in [9.17, 15) is 10.1 Å². The molecule has 0 bridgehead atoms. The first-order chi connectivity index (χ1) is 19.8. The molecule has 41 heavy (non-hydrogen) atoms. The first-order valence-corrected chi connectivity index (χ1v) is 13.2. The number of anilines is 3. The maximum atomic E-state index is 11.9. The zero-order valence-corrected chi connectivity index (χ0v) is 23.8. The van der Waals surface area contributed by atoms with Crippen LogP contribution in [0.25, 0.3) is 33.4 Å². The molecule has 0 aliphatic heterocycles. The van der Waals surface area contributed by atoms with Gasteiger partial charge in [-0.2, -0.15) is 0 Å². The van der Waals surface area contributed by atoms with Gasteiger partial charge in [0.2, 0.25) is 5.95 Å². The van der Waals surface area contributed by atoms with E-state index < -0.39 is 4.92 Å². The maximum absolute atomic E-state index is 11.9. The fourth-order valence-electron chi connectivity index (χ4n) is 4.75. The Labute approximate surface area is 241 Å². The predicted octanol–water partition coefficient (Wildman–Crippen LogP) is 5.98. The van der Waals surface area contributed by atoms with Gasteiger partial charge in [0.05, 0.1) is 34.1 Å².